The summed E-state index contributed by atoms with van der Waals surface area (Å²) in [5.74, 6) is -0.919. The van der Waals surface area contributed by atoms with Gasteiger partial charge in [-0.3, -0.25) is 0 Å². The molecule has 0 aliphatic carbocycles. The monoisotopic (exact) mass is 337 g/mol. The Hall–Kier alpha value is -1.29. The highest BCUT2D eigenvalue weighted by molar-refractivity contribution is 9.10. The van der Waals surface area contributed by atoms with Crippen LogP contribution in [0.2, 0.25) is 0 Å². The van der Waals surface area contributed by atoms with Crippen LogP contribution in [-0.4, -0.2) is 24.2 Å². The zero-order chi connectivity index (χ0) is 14.8. The molecular weight excluding hydrogens is 318 g/mol. The van der Waals surface area contributed by atoms with Crippen LogP contribution in [0.15, 0.2) is 28.7 Å². The molecule has 3 nitrogen and oxygen atoms in total. The van der Waals surface area contributed by atoms with Gasteiger partial charge in [0.25, 0.3) is 0 Å². The van der Waals surface area contributed by atoms with E-state index in [-0.39, 0.29) is 0 Å². The average Bonchev–Trinajstić information content (AvgIpc) is 2.36. The number of hydrogen-bond acceptors (Lipinski definition) is 2. The fourth-order valence-electron chi connectivity index (χ4n) is 2.72. The molecule has 1 aliphatic heterocycles. The highest BCUT2D eigenvalue weighted by atomic mass is 79.9. The summed E-state index contributed by atoms with van der Waals surface area (Å²) < 4.78 is 1.02. The van der Waals surface area contributed by atoms with E-state index in [0.29, 0.717) is 5.41 Å². The van der Waals surface area contributed by atoms with Crippen LogP contribution in [0.25, 0.3) is 6.08 Å². The van der Waals surface area contributed by atoms with Gasteiger partial charge in [-0.05, 0) is 42.0 Å². The van der Waals surface area contributed by atoms with E-state index in [9.17, 15) is 4.79 Å². The predicted molar refractivity (Wildman–Crippen MR) is 86.0 cm³/mol. The van der Waals surface area contributed by atoms with Gasteiger partial charge in [-0.25, -0.2) is 4.79 Å². The SMILES string of the molecule is CC1(C)CCCN(c2cc(Br)ccc2C=CC(=O)O)C1. The van der Waals surface area contributed by atoms with Gasteiger partial charge in [0.05, 0.1) is 0 Å². The Balaban J connectivity index is 2.33. The van der Waals surface area contributed by atoms with Crippen molar-refractivity contribution in [2.75, 3.05) is 18.0 Å². The minimum Gasteiger partial charge on any atom is -0.478 e. The Kier molecular flexibility index (Phi) is 4.53. The highest BCUT2D eigenvalue weighted by Crippen LogP contribution is 2.34. The lowest BCUT2D eigenvalue weighted by Gasteiger charge is -2.40. The summed E-state index contributed by atoms with van der Waals surface area (Å²) in [6.07, 6.45) is 5.27. The van der Waals surface area contributed by atoms with Crippen LogP contribution in [0.3, 0.4) is 0 Å². The average molecular weight is 338 g/mol. The predicted octanol–water partition coefficient (Wildman–Crippen LogP) is 4.17. The second-order valence-electron chi connectivity index (χ2n) is 6.06. The molecule has 0 saturated carbocycles. The third-order valence-corrected chi connectivity index (χ3v) is 4.13. The second kappa shape index (κ2) is 6.00. The van der Waals surface area contributed by atoms with Crippen molar-refractivity contribution in [3.63, 3.8) is 0 Å². The molecule has 0 unspecified atom stereocenters. The molecule has 1 aromatic carbocycles. The molecule has 1 heterocycles. The van der Waals surface area contributed by atoms with Gasteiger partial charge in [0.15, 0.2) is 0 Å². The molecule has 0 atom stereocenters. The zero-order valence-electron chi connectivity index (χ0n) is 11.9. The van der Waals surface area contributed by atoms with E-state index in [4.69, 9.17) is 5.11 Å². The molecule has 1 fully saturated rings. The molecular formula is C16H20BrNO2. The topological polar surface area (TPSA) is 40.5 Å². The van der Waals surface area contributed by atoms with Crippen LogP contribution >= 0.6 is 15.9 Å². The van der Waals surface area contributed by atoms with Gasteiger partial charge in [0.2, 0.25) is 0 Å². The van der Waals surface area contributed by atoms with E-state index < -0.39 is 5.97 Å². The summed E-state index contributed by atoms with van der Waals surface area (Å²) in [5.41, 5.74) is 2.35. The number of piperidine rings is 1. The first-order valence-corrected chi connectivity index (χ1v) is 7.62. The van der Waals surface area contributed by atoms with Gasteiger partial charge in [0, 0.05) is 29.3 Å². The van der Waals surface area contributed by atoms with Crippen molar-refractivity contribution in [1.29, 1.82) is 0 Å². The summed E-state index contributed by atoms with van der Waals surface area (Å²) in [7, 11) is 0. The number of carboxylic acid groups (broad SMARTS) is 1. The van der Waals surface area contributed by atoms with Gasteiger partial charge in [-0.1, -0.05) is 35.8 Å². The minimum atomic E-state index is -0.919. The van der Waals surface area contributed by atoms with Crippen molar-refractivity contribution in [2.24, 2.45) is 5.41 Å². The van der Waals surface area contributed by atoms with E-state index in [2.05, 4.69) is 40.7 Å². The first kappa shape index (κ1) is 15.1. The molecule has 0 spiro atoms. The Morgan fingerprint density at radius 2 is 2.20 bits per heavy atom. The first-order chi connectivity index (χ1) is 9.37. The van der Waals surface area contributed by atoms with Crippen LogP contribution in [0.1, 0.15) is 32.3 Å². The molecule has 0 aromatic heterocycles. The second-order valence-corrected chi connectivity index (χ2v) is 6.98. The van der Waals surface area contributed by atoms with Crippen LogP contribution in [0, 0.1) is 5.41 Å². The lowest BCUT2D eigenvalue weighted by atomic mass is 9.84. The molecule has 0 bridgehead atoms. The molecule has 2 rings (SSSR count). The third kappa shape index (κ3) is 3.85. The Morgan fingerprint density at radius 1 is 1.45 bits per heavy atom. The summed E-state index contributed by atoms with van der Waals surface area (Å²) in [6.45, 7) is 6.58. The van der Waals surface area contributed by atoms with Crippen LogP contribution in [0.5, 0.6) is 0 Å². The highest BCUT2D eigenvalue weighted by Gasteiger charge is 2.27. The standard InChI is InChI=1S/C16H20BrNO2/c1-16(2)8-3-9-18(11-16)14-10-13(17)6-4-12(14)5-7-15(19)20/h4-7,10H,3,8-9,11H2,1-2H3,(H,19,20). The fourth-order valence-corrected chi connectivity index (χ4v) is 3.07. The minimum absolute atomic E-state index is 0.300. The summed E-state index contributed by atoms with van der Waals surface area (Å²) in [5, 5.41) is 8.80. The Morgan fingerprint density at radius 3 is 2.85 bits per heavy atom. The smallest absolute Gasteiger partial charge is 0.328 e. The summed E-state index contributed by atoms with van der Waals surface area (Å²) in [4.78, 5) is 13.1. The maximum atomic E-state index is 10.7. The van der Waals surface area contributed by atoms with Crippen LogP contribution < -0.4 is 4.90 Å². The number of hydrogen-bond donors (Lipinski definition) is 1. The Labute approximate surface area is 128 Å². The first-order valence-electron chi connectivity index (χ1n) is 6.83. The largest absolute Gasteiger partial charge is 0.478 e. The fraction of sp³-hybridized carbons (Fsp3) is 0.438. The number of nitrogens with zero attached hydrogens (tertiary/aromatic N) is 1. The van der Waals surface area contributed by atoms with E-state index in [1.54, 1.807) is 6.08 Å². The molecule has 1 aromatic rings. The van der Waals surface area contributed by atoms with Gasteiger partial charge in [-0.15, -0.1) is 0 Å². The van der Waals surface area contributed by atoms with Crippen molar-refractivity contribution in [1.82, 2.24) is 0 Å². The molecule has 108 valence electrons. The van der Waals surface area contributed by atoms with Gasteiger partial charge >= 0.3 is 5.97 Å². The maximum Gasteiger partial charge on any atom is 0.328 e. The number of carboxylic acids is 1. The number of aliphatic carboxylic acids is 1. The molecule has 4 heteroatoms. The number of anilines is 1. The number of benzene rings is 1. The lowest BCUT2D eigenvalue weighted by molar-refractivity contribution is -0.131. The molecule has 1 aliphatic rings. The van der Waals surface area contributed by atoms with Crippen molar-refractivity contribution in [3.05, 3.63) is 34.3 Å². The molecule has 0 amide bonds. The Bertz CT molecular complexity index is 537. The number of carbonyl (C=O) groups is 1. The van der Waals surface area contributed by atoms with Gasteiger partial charge in [0.1, 0.15) is 0 Å². The number of halogens is 1. The molecule has 1 N–H and O–H groups in total. The van der Waals surface area contributed by atoms with Crippen molar-refractivity contribution < 1.29 is 9.90 Å². The van der Waals surface area contributed by atoms with Crippen molar-refractivity contribution in [2.45, 2.75) is 26.7 Å². The van der Waals surface area contributed by atoms with E-state index in [1.165, 1.54) is 18.9 Å². The molecule has 1 saturated heterocycles. The van der Waals surface area contributed by atoms with Crippen LogP contribution in [0.4, 0.5) is 5.69 Å². The van der Waals surface area contributed by atoms with Gasteiger partial charge < -0.3 is 10.0 Å². The number of rotatable bonds is 3. The lowest BCUT2D eigenvalue weighted by Crippen LogP contribution is -2.40. The quantitative estimate of drug-likeness (QED) is 0.841. The summed E-state index contributed by atoms with van der Waals surface area (Å²) >= 11 is 3.50. The maximum absolute atomic E-state index is 10.7. The third-order valence-electron chi connectivity index (χ3n) is 3.64. The van der Waals surface area contributed by atoms with E-state index >= 15 is 0 Å². The van der Waals surface area contributed by atoms with E-state index in [0.717, 1.165) is 28.8 Å². The van der Waals surface area contributed by atoms with Gasteiger partial charge in [-0.2, -0.15) is 0 Å². The van der Waals surface area contributed by atoms with Crippen LogP contribution in [-0.2, 0) is 4.79 Å². The summed E-state index contributed by atoms with van der Waals surface area (Å²) in [6, 6.07) is 5.98. The van der Waals surface area contributed by atoms with Crippen molar-refractivity contribution in [3.8, 4) is 0 Å². The molecule has 20 heavy (non-hydrogen) atoms. The molecule has 0 radical (unpaired) electrons. The normalized spacial score (nSPS) is 18.4. The van der Waals surface area contributed by atoms with Crippen molar-refractivity contribution >= 4 is 33.7 Å². The zero-order valence-corrected chi connectivity index (χ0v) is 13.5. The van der Waals surface area contributed by atoms with E-state index in [1.807, 2.05) is 12.1 Å².